The van der Waals surface area contributed by atoms with E-state index in [1.54, 1.807) is 6.07 Å². The SMILES string of the molecule is C[C@@H](F)[C@H](N)Cc1oc2c(NCc3ccccc3)cc(Cl)nc2c1Br. The molecule has 4 nitrogen and oxygen atoms in total. The van der Waals surface area contributed by atoms with E-state index in [4.69, 9.17) is 21.8 Å². The lowest BCUT2D eigenvalue weighted by Gasteiger charge is -2.10. The van der Waals surface area contributed by atoms with Crippen LogP contribution in [-0.2, 0) is 13.0 Å². The Labute approximate surface area is 158 Å². The molecule has 0 radical (unpaired) electrons. The molecule has 0 aliphatic heterocycles. The molecule has 0 fully saturated rings. The Kier molecular flexibility index (Phi) is 5.61. The van der Waals surface area contributed by atoms with Crippen molar-refractivity contribution in [2.75, 3.05) is 5.32 Å². The Hall–Kier alpha value is -1.63. The van der Waals surface area contributed by atoms with Crippen LogP contribution in [0.1, 0.15) is 18.2 Å². The largest absolute Gasteiger partial charge is 0.456 e. The van der Waals surface area contributed by atoms with Gasteiger partial charge in [-0.1, -0.05) is 41.9 Å². The van der Waals surface area contributed by atoms with E-state index in [1.165, 1.54) is 6.92 Å². The van der Waals surface area contributed by atoms with Crippen molar-refractivity contribution in [2.45, 2.75) is 32.1 Å². The molecule has 0 bridgehead atoms. The van der Waals surface area contributed by atoms with Crippen LogP contribution >= 0.6 is 27.5 Å². The molecule has 0 amide bonds. The zero-order chi connectivity index (χ0) is 18.0. The highest BCUT2D eigenvalue weighted by atomic mass is 79.9. The molecule has 0 aliphatic rings. The number of alkyl halides is 1. The molecule has 3 rings (SSSR count). The van der Waals surface area contributed by atoms with E-state index in [0.717, 1.165) is 11.3 Å². The molecule has 0 spiro atoms. The lowest BCUT2D eigenvalue weighted by Crippen LogP contribution is -2.31. The molecular formula is C18H18BrClFN3O. The van der Waals surface area contributed by atoms with E-state index in [1.807, 2.05) is 30.3 Å². The number of halogens is 3. The number of pyridine rings is 1. The van der Waals surface area contributed by atoms with Gasteiger partial charge in [-0.05, 0) is 28.4 Å². The standard InChI is InChI=1S/C18H18BrClFN3O/c1-10(21)12(22)7-14-16(19)17-18(25-14)13(8-15(20)24-17)23-9-11-5-3-2-4-6-11/h2-6,8,10,12H,7,9,22H2,1H3,(H,23,24)/t10-,12-/m1/s1. The first-order valence-electron chi connectivity index (χ1n) is 7.90. The molecule has 3 N–H and O–H groups in total. The van der Waals surface area contributed by atoms with Crippen molar-refractivity contribution < 1.29 is 8.81 Å². The fraction of sp³-hybridized carbons (Fsp3) is 0.278. The summed E-state index contributed by atoms with van der Waals surface area (Å²) in [7, 11) is 0. The third-order valence-corrected chi connectivity index (χ3v) is 4.97. The number of hydrogen-bond donors (Lipinski definition) is 2. The first-order valence-corrected chi connectivity index (χ1v) is 9.07. The summed E-state index contributed by atoms with van der Waals surface area (Å²) < 4.78 is 20.0. The number of rotatable bonds is 6. The van der Waals surface area contributed by atoms with Crippen molar-refractivity contribution >= 4 is 44.3 Å². The van der Waals surface area contributed by atoms with Gasteiger partial charge in [0.25, 0.3) is 0 Å². The Morgan fingerprint density at radius 3 is 2.76 bits per heavy atom. The van der Waals surface area contributed by atoms with Gasteiger partial charge in [0.15, 0.2) is 5.58 Å². The van der Waals surface area contributed by atoms with Gasteiger partial charge < -0.3 is 15.5 Å². The van der Waals surface area contributed by atoms with Crippen molar-refractivity contribution in [3.63, 3.8) is 0 Å². The van der Waals surface area contributed by atoms with Crippen LogP contribution in [0.5, 0.6) is 0 Å². The van der Waals surface area contributed by atoms with Crippen LogP contribution < -0.4 is 11.1 Å². The number of hydrogen-bond acceptors (Lipinski definition) is 4. The van der Waals surface area contributed by atoms with Crippen molar-refractivity contribution in [1.29, 1.82) is 0 Å². The Morgan fingerprint density at radius 2 is 2.08 bits per heavy atom. The maximum Gasteiger partial charge on any atom is 0.177 e. The Morgan fingerprint density at radius 1 is 1.36 bits per heavy atom. The molecule has 132 valence electrons. The molecule has 7 heteroatoms. The molecule has 2 heterocycles. The highest BCUT2D eigenvalue weighted by Crippen LogP contribution is 2.36. The summed E-state index contributed by atoms with van der Waals surface area (Å²) >= 11 is 9.62. The van der Waals surface area contributed by atoms with Gasteiger partial charge in [0.1, 0.15) is 22.6 Å². The van der Waals surface area contributed by atoms with Gasteiger partial charge in [-0.2, -0.15) is 0 Å². The maximum atomic E-state index is 13.4. The van der Waals surface area contributed by atoms with Gasteiger partial charge in [-0.15, -0.1) is 0 Å². The molecule has 1 aromatic carbocycles. The fourth-order valence-corrected chi connectivity index (χ4v) is 3.19. The highest BCUT2D eigenvalue weighted by Gasteiger charge is 2.21. The van der Waals surface area contributed by atoms with Gasteiger partial charge in [-0.3, -0.25) is 0 Å². The third kappa shape index (κ3) is 4.14. The predicted molar refractivity (Wildman–Crippen MR) is 103 cm³/mol. The first-order chi connectivity index (χ1) is 12.0. The molecule has 25 heavy (non-hydrogen) atoms. The summed E-state index contributed by atoms with van der Waals surface area (Å²) in [5.74, 6) is 0.560. The number of benzene rings is 1. The second-order valence-corrected chi connectivity index (χ2v) is 7.07. The summed E-state index contributed by atoms with van der Waals surface area (Å²) in [6, 6.07) is 11.0. The normalized spacial score (nSPS) is 13.8. The second-order valence-electron chi connectivity index (χ2n) is 5.89. The third-order valence-electron chi connectivity index (χ3n) is 3.96. The van der Waals surface area contributed by atoms with E-state index >= 15 is 0 Å². The molecular weight excluding hydrogens is 409 g/mol. The Bertz CT molecular complexity index is 870. The van der Waals surface area contributed by atoms with Crippen molar-refractivity contribution in [3.05, 3.63) is 57.3 Å². The number of nitrogens with two attached hydrogens (primary N) is 1. The first kappa shape index (κ1) is 18.2. The van der Waals surface area contributed by atoms with E-state index in [2.05, 4.69) is 26.2 Å². The minimum atomic E-state index is -1.13. The van der Waals surface area contributed by atoms with Crippen LogP contribution in [0.2, 0.25) is 5.15 Å². The van der Waals surface area contributed by atoms with Crippen LogP contribution in [0.3, 0.4) is 0 Å². The van der Waals surface area contributed by atoms with Gasteiger partial charge in [-0.25, -0.2) is 9.37 Å². The van der Waals surface area contributed by atoms with Crippen molar-refractivity contribution in [3.8, 4) is 0 Å². The molecule has 0 saturated carbocycles. The quantitative estimate of drug-likeness (QED) is 0.539. The summed E-state index contributed by atoms with van der Waals surface area (Å²) in [6.45, 7) is 2.05. The topological polar surface area (TPSA) is 64.1 Å². The number of nitrogens with zero attached hydrogens (tertiary/aromatic N) is 1. The van der Waals surface area contributed by atoms with Crippen LogP contribution in [-0.4, -0.2) is 17.2 Å². The molecule has 2 aromatic heterocycles. The zero-order valence-corrected chi connectivity index (χ0v) is 15.9. The van der Waals surface area contributed by atoms with Gasteiger partial charge >= 0.3 is 0 Å². The summed E-state index contributed by atoms with van der Waals surface area (Å²) in [5, 5.41) is 3.66. The van der Waals surface area contributed by atoms with E-state index in [9.17, 15) is 4.39 Å². The minimum absolute atomic E-state index is 0.268. The van der Waals surface area contributed by atoms with Crippen LogP contribution in [0.15, 0.2) is 45.3 Å². The van der Waals surface area contributed by atoms with Crippen LogP contribution in [0.4, 0.5) is 10.1 Å². The zero-order valence-electron chi connectivity index (χ0n) is 13.6. The number of aromatic nitrogens is 1. The van der Waals surface area contributed by atoms with E-state index in [0.29, 0.717) is 33.0 Å². The highest BCUT2D eigenvalue weighted by molar-refractivity contribution is 9.10. The van der Waals surface area contributed by atoms with Crippen molar-refractivity contribution in [1.82, 2.24) is 4.98 Å². The number of nitrogens with one attached hydrogen (secondary N) is 1. The average molecular weight is 427 g/mol. The van der Waals surface area contributed by atoms with Gasteiger partial charge in [0.05, 0.1) is 10.2 Å². The molecule has 3 aromatic rings. The predicted octanol–water partition coefficient (Wildman–Crippen LogP) is 5.08. The number of fused-ring (bicyclic) bond motifs is 1. The molecule has 0 unspecified atom stereocenters. The lowest BCUT2D eigenvalue weighted by molar-refractivity contribution is 0.295. The minimum Gasteiger partial charge on any atom is -0.456 e. The number of anilines is 1. The summed E-state index contributed by atoms with van der Waals surface area (Å²) in [6.07, 6.45) is -0.864. The van der Waals surface area contributed by atoms with Gasteiger partial charge in [0, 0.05) is 25.1 Å². The summed E-state index contributed by atoms with van der Waals surface area (Å²) in [5.41, 5.74) is 8.85. The van der Waals surface area contributed by atoms with Gasteiger partial charge in [0.2, 0.25) is 0 Å². The van der Waals surface area contributed by atoms with Crippen LogP contribution in [0.25, 0.3) is 11.1 Å². The molecule has 2 atom stereocenters. The Balaban J connectivity index is 1.92. The van der Waals surface area contributed by atoms with E-state index < -0.39 is 12.2 Å². The second kappa shape index (κ2) is 7.72. The fourth-order valence-electron chi connectivity index (χ4n) is 2.49. The summed E-state index contributed by atoms with van der Waals surface area (Å²) in [4.78, 5) is 4.31. The molecule has 0 aliphatic carbocycles. The molecule has 0 saturated heterocycles. The number of furan rings is 1. The van der Waals surface area contributed by atoms with Crippen LogP contribution in [0, 0.1) is 0 Å². The van der Waals surface area contributed by atoms with E-state index in [-0.39, 0.29) is 6.42 Å². The monoisotopic (exact) mass is 425 g/mol. The smallest absolute Gasteiger partial charge is 0.177 e. The van der Waals surface area contributed by atoms with Crippen molar-refractivity contribution in [2.24, 2.45) is 5.73 Å². The lowest BCUT2D eigenvalue weighted by atomic mass is 10.1. The average Bonchev–Trinajstić information content (AvgIpc) is 2.90. The maximum absolute atomic E-state index is 13.4.